The zero-order chi connectivity index (χ0) is 23.5. The summed E-state index contributed by atoms with van der Waals surface area (Å²) in [5.41, 5.74) is 1.27. The second-order valence-corrected chi connectivity index (χ2v) is 15.1. The fourth-order valence-corrected chi connectivity index (χ4v) is 11.7. The van der Waals surface area contributed by atoms with Crippen LogP contribution in [-0.2, 0) is 4.79 Å². The highest BCUT2D eigenvalue weighted by atomic mass is 16.3. The van der Waals surface area contributed by atoms with Crippen LogP contribution in [-0.4, -0.2) is 17.0 Å². The minimum absolute atomic E-state index is 0.0237. The van der Waals surface area contributed by atoms with E-state index in [-0.39, 0.29) is 16.9 Å². The molecule has 5 aliphatic carbocycles. The monoisotopic (exact) mass is 442 g/mol. The Hall–Kier alpha value is -0.370. The number of ketones is 1. The molecule has 2 nitrogen and oxygen atoms in total. The molecule has 0 radical (unpaired) electrons. The molecule has 0 heterocycles. The first-order valence-corrected chi connectivity index (χ1v) is 13.9. The van der Waals surface area contributed by atoms with Gasteiger partial charge in [-0.2, -0.15) is 0 Å². The highest BCUT2D eigenvalue weighted by molar-refractivity contribution is 5.83. The van der Waals surface area contributed by atoms with Gasteiger partial charge in [0.1, 0.15) is 5.78 Å². The molecule has 0 spiro atoms. The normalized spacial score (nSPS) is 58.8. The summed E-state index contributed by atoms with van der Waals surface area (Å²) in [5, 5.41) is 10.9. The van der Waals surface area contributed by atoms with Crippen LogP contribution in [0.15, 0.2) is 0 Å². The molecule has 0 aromatic rings. The maximum atomic E-state index is 13.0. The summed E-state index contributed by atoms with van der Waals surface area (Å²) in [6.07, 6.45) is 12.2. The topological polar surface area (TPSA) is 37.3 Å². The smallest absolute Gasteiger partial charge is 0.135 e. The first-order chi connectivity index (χ1) is 14.7. The van der Waals surface area contributed by atoms with Gasteiger partial charge in [-0.15, -0.1) is 0 Å². The summed E-state index contributed by atoms with van der Waals surface area (Å²) >= 11 is 0. The van der Waals surface area contributed by atoms with Crippen molar-refractivity contribution in [1.82, 2.24) is 0 Å². The molecule has 5 fully saturated rings. The summed E-state index contributed by atoms with van der Waals surface area (Å²) in [5.74, 6) is 3.05. The highest BCUT2D eigenvalue weighted by Crippen LogP contribution is 2.78. The third-order valence-electron chi connectivity index (χ3n) is 14.0. The number of carbonyl (C=O) groups excluding carboxylic acids is 1. The van der Waals surface area contributed by atoms with Crippen molar-refractivity contribution in [2.24, 2.45) is 56.2 Å². The zero-order valence-corrected chi connectivity index (χ0v) is 22.3. The molecule has 0 aromatic carbocycles. The highest BCUT2D eigenvalue weighted by Gasteiger charge is 2.71. The molecule has 10 atom stereocenters. The van der Waals surface area contributed by atoms with Gasteiger partial charge in [0, 0.05) is 5.41 Å². The Kier molecular flexibility index (Phi) is 4.85. The van der Waals surface area contributed by atoms with Crippen molar-refractivity contribution >= 4 is 5.78 Å². The lowest BCUT2D eigenvalue weighted by Gasteiger charge is -2.73. The fraction of sp³-hybridized carbons (Fsp3) is 0.967. The number of aliphatic hydroxyl groups is 1. The number of carbonyl (C=O) groups is 1. The number of fused-ring (bicyclic) bond motifs is 7. The lowest BCUT2D eigenvalue weighted by Crippen LogP contribution is -2.67. The van der Waals surface area contributed by atoms with E-state index < -0.39 is 0 Å². The van der Waals surface area contributed by atoms with Crippen LogP contribution in [0.2, 0.25) is 0 Å². The van der Waals surface area contributed by atoms with Crippen molar-refractivity contribution in [3.05, 3.63) is 0 Å². The van der Waals surface area contributed by atoms with Crippen LogP contribution < -0.4 is 0 Å². The second kappa shape index (κ2) is 6.64. The van der Waals surface area contributed by atoms with Crippen LogP contribution in [0.25, 0.3) is 0 Å². The van der Waals surface area contributed by atoms with Crippen LogP contribution in [0.5, 0.6) is 0 Å². The molecule has 1 N–H and O–H groups in total. The van der Waals surface area contributed by atoms with Crippen molar-refractivity contribution in [2.75, 3.05) is 0 Å². The van der Waals surface area contributed by atoms with Gasteiger partial charge in [-0.25, -0.2) is 0 Å². The van der Waals surface area contributed by atoms with Crippen LogP contribution in [0.3, 0.4) is 0 Å². The number of hydrogen-bond acceptors (Lipinski definition) is 2. The minimum Gasteiger partial charge on any atom is -0.393 e. The molecule has 0 amide bonds. The SMILES string of the molecule is CC(=O)[C@]1(C)CC[C@]2(C)CC[C@]3(C)[C@H](CC[C@@H]4[C@@]5(C)CC[C@H](O)C(C)(C)C5CC[C@]43C)C21. The third-order valence-corrected chi connectivity index (χ3v) is 14.0. The Balaban J connectivity index is 1.57. The van der Waals surface area contributed by atoms with Gasteiger partial charge in [0.15, 0.2) is 0 Å². The van der Waals surface area contributed by atoms with Gasteiger partial charge in [-0.05, 0) is 122 Å². The number of hydrogen-bond donors (Lipinski definition) is 1. The molecule has 5 aliphatic rings. The van der Waals surface area contributed by atoms with E-state index in [0.29, 0.717) is 45.2 Å². The molecule has 0 aromatic heterocycles. The Labute approximate surface area is 197 Å². The number of rotatable bonds is 1. The summed E-state index contributed by atoms with van der Waals surface area (Å²) in [4.78, 5) is 13.0. The van der Waals surface area contributed by atoms with E-state index in [1.54, 1.807) is 0 Å². The van der Waals surface area contributed by atoms with Crippen molar-refractivity contribution in [1.29, 1.82) is 0 Å². The van der Waals surface area contributed by atoms with Gasteiger partial charge < -0.3 is 5.11 Å². The quantitative estimate of drug-likeness (QED) is 0.458. The van der Waals surface area contributed by atoms with Gasteiger partial charge >= 0.3 is 0 Å². The van der Waals surface area contributed by atoms with Gasteiger partial charge in [0.2, 0.25) is 0 Å². The van der Waals surface area contributed by atoms with Gasteiger partial charge in [0.05, 0.1) is 6.10 Å². The molecule has 2 heteroatoms. The standard InChI is InChI=1S/C30H50O2/c1-19(31)27(5)17-15-26(4)16-18-29(7)20(24(26)27)9-10-22-28(6)13-12-23(32)25(2,3)21(28)11-14-30(22,29)8/h20-24,32H,9-18H2,1-8H3/t20-,21?,22-,23+,24?,26-,27+,28+,29-,30-/m1/s1. The van der Waals surface area contributed by atoms with Gasteiger partial charge in [0.25, 0.3) is 0 Å². The number of Topliss-reactive ketones (excluding diaryl/α,β-unsaturated/α-hetero) is 1. The third kappa shape index (κ3) is 2.55. The fourth-order valence-electron chi connectivity index (χ4n) is 11.7. The largest absolute Gasteiger partial charge is 0.393 e. The van der Waals surface area contributed by atoms with E-state index in [2.05, 4.69) is 48.5 Å². The average molecular weight is 443 g/mol. The van der Waals surface area contributed by atoms with Crippen molar-refractivity contribution in [2.45, 2.75) is 126 Å². The van der Waals surface area contributed by atoms with E-state index in [4.69, 9.17) is 0 Å². The van der Waals surface area contributed by atoms with Gasteiger partial charge in [-0.1, -0.05) is 48.5 Å². The second-order valence-electron chi connectivity index (χ2n) is 15.1. The van der Waals surface area contributed by atoms with Crippen LogP contribution in [0.1, 0.15) is 120 Å². The van der Waals surface area contributed by atoms with Gasteiger partial charge in [-0.3, -0.25) is 4.79 Å². The summed E-state index contributed by atoms with van der Waals surface area (Å²) in [6, 6.07) is 0. The Morgan fingerprint density at radius 3 is 2.03 bits per heavy atom. The summed E-state index contributed by atoms with van der Waals surface area (Å²) < 4.78 is 0. The lowest BCUT2D eigenvalue weighted by molar-refractivity contribution is -0.250. The minimum atomic E-state index is -0.151. The summed E-state index contributed by atoms with van der Waals surface area (Å²) in [6.45, 7) is 19.4. The molecule has 182 valence electrons. The molecule has 5 saturated carbocycles. The first kappa shape index (κ1) is 23.4. The lowest BCUT2D eigenvalue weighted by atomic mass is 9.32. The Morgan fingerprint density at radius 2 is 1.38 bits per heavy atom. The van der Waals surface area contributed by atoms with Crippen LogP contribution >= 0.6 is 0 Å². The van der Waals surface area contributed by atoms with Crippen molar-refractivity contribution < 1.29 is 9.90 Å². The summed E-state index contributed by atoms with van der Waals surface area (Å²) in [7, 11) is 0. The van der Waals surface area contributed by atoms with Crippen molar-refractivity contribution in [3.8, 4) is 0 Å². The Bertz CT molecular complexity index is 816. The van der Waals surface area contributed by atoms with E-state index in [0.717, 1.165) is 18.8 Å². The maximum Gasteiger partial charge on any atom is 0.135 e. The molecule has 0 bridgehead atoms. The Morgan fingerprint density at radius 1 is 0.719 bits per heavy atom. The van der Waals surface area contributed by atoms with E-state index in [1.807, 2.05) is 6.92 Å². The molecular formula is C30H50O2. The number of aliphatic hydroxyl groups excluding tert-OH is 1. The molecule has 2 unspecified atom stereocenters. The van der Waals surface area contributed by atoms with E-state index in [1.165, 1.54) is 51.4 Å². The zero-order valence-electron chi connectivity index (χ0n) is 22.3. The van der Waals surface area contributed by atoms with E-state index in [9.17, 15) is 9.90 Å². The predicted octanol–water partition coefficient (Wildman–Crippen LogP) is 7.43. The average Bonchev–Trinajstić information content (AvgIpc) is 2.99. The van der Waals surface area contributed by atoms with Crippen LogP contribution in [0.4, 0.5) is 0 Å². The van der Waals surface area contributed by atoms with Crippen molar-refractivity contribution in [3.63, 3.8) is 0 Å². The maximum absolute atomic E-state index is 13.0. The predicted molar refractivity (Wildman–Crippen MR) is 131 cm³/mol. The molecule has 5 rings (SSSR count). The van der Waals surface area contributed by atoms with E-state index >= 15 is 0 Å². The first-order valence-electron chi connectivity index (χ1n) is 13.9. The molecule has 32 heavy (non-hydrogen) atoms. The molecule has 0 saturated heterocycles. The molecule has 0 aliphatic heterocycles. The van der Waals surface area contributed by atoms with Crippen LogP contribution in [0, 0.1) is 56.2 Å². The molecular weight excluding hydrogens is 392 g/mol.